The van der Waals surface area contributed by atoms with Gasteiger partial charge in [0, 0.05) is 0 Å². The van der Waals surface area contributed by atoms with Crippen LogP contribution in [0.2, 0.25) is 0 Å². The molecule has 42 heavy (non-hydrogen) atoms. The van der Waals surface area contributed by atoms with Crippen molar-refractivity contribution >= 4 is 0 Å². The molecular weight excluding hydrogens is 528 g/mol. The van der Waals surface area contributed by atoms with E-state index in [9.17, 15) is 5.11 Å². The third-order valence-electron chi connectivity index (χ3n) is 7.44. The lowest BCUT2D eigenvalue weighted by molar-refractivity contribution is -0.336. The summed E-state index contributed by atoms with van der Waals surface area (Å²) < 4.78 is 32.7. The largest absolute Gasteiger partial charge is 0.390 e. The summed E-state index contributed by atoms with van der Waals surface area (Å²) in [4.78, 5) is 0. The summed E-state index contributed by atoms with van der Waals surface area (Å²) >= 11 is 0. The first-order valence-electron chi connectivity index (χ1n) is 14.7. The van der Waals surface area contributed by atoms with E-state index in [2.05, 4.69) is 0 Å². The summed E-state index contributed by atoms with van der Waals surface area (Å²) in [7, 11) is 0. The molecule has 1 fully saturated rings. The fraction of sp³-hybridized carbons (Fsp3) is 0.333. The number of aliphatic hydroxyl groups excluding tert-OH is 1. The summed E-state index contributed by atoms with van der Waals surface area (Å²) in [5.74, 6) is 0. The highest BCUT2D eigenvalue weighted by molar-refractivity contribution is 5.16. The van der Waals surface area contributed by atoms with Gasteiger partial charge in [0.25, 0.3) is 0 Å². The Labute approximate surface area is 248 Å². The monoisotopic (exact) mass is 568 g/mol. The number of hydrogen-bond acceptors (Lipinski definition) is 6. The van der Waals surface area contributed by atoms with Gasteiger partial charge in [-0.1, -0.05) is 128 Å². The van der Waals surface area contributed by atoms with Crippen LogP contribution in [0.3, 0.4) is 0 Å². The van der Waals surface area contributed by atoms with Crippen molar-refractivity contribution in [1.82, 2.24) is 0 Å². The maximum Gasteiger partial charge on any atom is 0.187 e. The van der Waals surface area contributed by atoms with E-state index in [1.54, 1.807) is 0 Å². The Hall–Kier alpha value is -3.36. The van der Waals surface area contributed by atoms with Crippen LogP contribution in [0.15, 0.2) is 121 Å². The first kappa shape index (κ1) is 30.1. The van der Waals surface area contributed by atoms with Crippen LogP contribution in [0.25, 0.3) is 0 Å². The number of benzene rings is 4. The van der Waals surface area contributed by atoms with E-state index in [0.29, 0.717) is 32.8 Å². The average Bonchev–Trinajstić information content (AvgIpc) is 3.06. The average molecular weight is 569 g/mol. The number of aliphatic hydroxyl groups is 1. The Morgan fingerprint density at radius 1 is 0.524 bits per heavy atom. The molecule has 5 rings (SSSR count). The Bertz CT molecular complexity index is 1290. The van der Waals surface area contributed by atoms with E-state index >= 15 is 0 Å². The third-order valence-corrected chi connectivity index (χ3v) is 7.44. The van der Waals surface area contributed by atoms with E-state index in [1.165, 1.54) is 0 Å². The lowest BCUT2D eigenvalue weighted by Gasteiger charge is -2.47. The summed E-state index contributed by atoms with van der Waals surface area (Å²) in [6.07, 6.45) is -3.60. The predicted octanol–water partition coefficient (Wildman–Crippen LogP) is 6.46. The van der Waals surface area contributed by atoms with Crippen LogP contribution in [0.4, 0.5) is 0 Å². The fourth-order valence-corrected chi connectivity index (χ4v) is 5.12. The predicted molar refractivity (Wildman–Crippen MR) is 161 cm³/mol. The maximum atomic E-state index is 11.2. The van der Waals surface area contributed by atoms with Crippen molar-refractivity contribution in [2.24, 2.45) is 0 Å². The van der Waals surface area contributed by atoms with E-state index in [1.807, 2.05) is 128 Å². The zero-order valence-corrected chi connectivity index (χ0v) is 24.0. The Balaban J connectivity index is 1.45. The molecule has 0 amide bonds. The van der Waals surface area contributed by atoms with E-state index in [4.69, 9.17) is 23.7 Å². The summed E-state index contributed by atoms with van der Waals surface area (Å²) in [5, 5.41) is 11.2. The van der Waals surface area contributed by atoms with Gasteiger partial charge >= 0.3 is 0 Å². The molecule has 0 spiro atoms. The van der Waals surface area contributed by atoms with Crippen LogP contribution in [0, 0.1) is 0 Å². The molecule has 6 atom stereocenters. The van der Waals surface area contributed by atoms with Crippen molar-refractivity contribution < 1.29 is 28.8 Å². The molecule has 1 aliphatic heterocycles. The quantitative estimate of drug-likeness (QED) is 0.189. The van der Waals surface area contributed by atoms with Gasteiger partial charge in [-0.3, -0.25) is 0 Å². The van der Waals surface area contributed by atoms with Gasteiger partial charge in [-0.2, -0.15) is 0 Å². The minimum absolute atomic E-state index is 0.326. The van der Waals surface area contributed by atoms with E-state index < -0.39 is 36.8 Å². The molecule has 1 N–H and O–H groups in total. The smallest absolute Gasteiger partial charge is 0.187 e. The van der Waals surface area contributed by atoms with Gasteiger partial charge in [0.05, 0.1) is 32.5 Å². The standard InChI is InChI=1S/C36H40O6/c1-2-31(37)32-33(38-23-27-15-7-3-8-16-27)34(39-24-28-17-9-4-10-18-28)35(40-25-29-19-11-5-12-20-29)36(42-32)41-26-30-21-13-6-14-22-30/h3-22,31-37H,2,23-26H2,1H3/t31-,32+,33+,34-,35-,36-/m0/s1. The van der Waals surface area contributed by atoms with Crippen molar-refractivity contribution in [2.75, 3.05) is 0 Å². The van der Waals surface area contributed by atoms with Gasteiger partial charge in [-0.15, -0.1) is 0 Å². The van der Waals surface area contributed by atoms with Crippen molar-refractivity contribution in [3.63, 3.8) is 0 Å². The normalized spacial score (nSPS) is 23.0. The van der Waals surface area contributed by atoms with Gasteiger partial charge < -0.3 is 28.8 Å². The van der Waals surface area contributed by atoms with Crippen LogP contribution in [-0.2, 0) is 50.1 Å². The number of hydrogen-bond donors (Lipinski definition) is 1. The molecule has 1 heterocycles. The lowest BCUT2D eigenvalue weighted by atomic mass is 9.93. The van der Waals surface area contributed by atoms with Gasteiger partial charge in [-0.05, 0) is 28.7 Å². The van der Waals surface area contributed by atoms with Crippen LogP contribution >= 0.6 is 0 Å². The molecule has 0 unspecified atom stereocenters. The molecule has 0 bridgehead atoms. The van der Waals surface area contributed by atoms with Gasteiger partial charge in [0.2, 0.25) is 0 Å². The van der Waals surface area contributed by atoms with Crippen molar-refractivity contribution in [3.05, 3.63) is 144 Å². The van der Waals surface area contributed by atoms with Crippen LogP contribution in [0.1, 0.15) is 35.6 Å². The molecule has 6 heteroatoms. The molecule has 6 nitrogen and oxygen atoms in total. The molecule has 0 saturated carbocycles. The van der Waals surface area contributed by atoms with E-state index in [-0.39, 0.29) is 0 Å². The Morgan fingerprint density at radius 2 is 0.881 bits per heavy atom. The highest BCUT2D eigenvalue weighted by Crippen LogP contribution is 2.33. The molecule has 1 aliphatic rings. The van der Waals surface area contributed by atoms with Gasteiger partial charge in [-0.25, -0.2) is 0 Å². The number of ether oxygens (including phenoxy) is 5. The topological polar surface area (TPSA) is 66.4 Å². The minimum Gasteiger partial charge on any atom is -0.390 e. The van der Waals surface area contributed by atoms with E-state index in [0.717, 1.165) is 22.3 Å². The lowest BCUT2D eigenvalue weighted by Crippen LogP contribution is -2.63. The third kappa shape index (κ3) is 8.35. The fourth-order valence-electron chi connectivity index (χ4n) is 5.12. The first-order valence-corrected chi connectivity index (χ1v) is 14.7. The minimum atomic E-state index is -0.794. The highest BCUT2D eigenvalue weighted by atomic mass is 16.7. The first-order chi connectivity index (χ1) is 20.7. The summed E-state index contributed by atoms with van der Waals surface area (Å²) in [5.41, 5.74) is 4.09. The molecule has 0 aliphatic carbocycles. The molecule has 1 saturated heterocycles. The molecular formula is C36H40O6. The van der Waals surface area contributed by atoms with Gasteiger partial charge in [0.15, 0.2) is 6.29 Å². The summed E-state index contributed by atoms with van der Waals surface area (Å²) in [6.45, 7) is 3.29. The Kier molecular flexibility index (Phi) is 11.3. The van der Waals surface area contributed by atoms with Crippen molar-refractivity contribution in [3.8, 4) is 0 Å². The molecule has 4 aromatic rings. The van der Waals surface area contributed by atoms with Crippen molar-refractivity contribution in [2.45, 2.75) is 76.6 Å². The SMILES string of the molecule is CC[C@H](O)[C@H]1O[C@H](OCc2ccccc2)[C@@H](OCc2ccccc2)[C@@H](OCc2ccccc2)[C@@H]1OCc1ccccc1. The Morgan fingerprint density at radius 3 is 1.29 bits per heavy atom. The zero-order valence-electron chi connectivity index (χ0n) is 24.0. The second kappa shape index (κ2) is 15.8. The van der Waals surface area contributed by atoms with Gasteiger partial charge in [0.1, 0.15) is 24.4 Å². The second-order valence-electron chi connectivity index (χ2n) is 10.5. The molecule has 220 valence electrons. The molecule has 0 aromatic heterocycles. The van der Waals surface area contributed by atoms with Crippen LogP contribution in [0.5, 0.6) is 0 Å². The van der Waals surface area contributed by atoms with Crippen LogP contribution < -0.4 is 0 Å². The summed E-state index contributed by atoms with van der Waals surface area (Å²) in [6, 6.07) is 40.0. The zero-order chi connectivity index (χ0) is 29.0. The van der Waals surface area contributed by atoms with Crippen LogP contribution in [-0.4, -0.2) is 41.9 Å². The maximum absolute atomic E-state index is 11.2. The number of rotatable bonds is 14. The molecule has 4 aromatic carbocycles. The second-order valence-corrected chi connectivity index (χ2v) is 10.5. The highest BCUT2D eigenvalue weighted by Gasteiger charge is 2.50. The van der Waals surface area contributed by atoms with Crippen molar-refractivity contribution in [1.29, 1.82) is 0 Å². The molecule has 0 radical (unpaired) electrons.